The van der Waals surface area contributed by atoms with Crippen LogP contribution >= 0.6 is 0 Å². The molecule has 4 aromatic rings. The Morgan fingerprint density at radius 1 is 1.25 bits per heavy atom. The Labute approximate surface area is 184 Å². The molecule has 11 heteroatoms. The zero-order valence-corrected chi connectivity index (χ0v) is 18.1. The molecule has 0 bridgehead atoms. The van der Waals surface area contributed by atoms with Crippen LogP contribution in [-0.2, 0) is 14.5 Å². The molecule has 1 aliphatic carbocycles. The summed E-state index contributed by atoms with van der Waals surface area (Å²) in [6.45, 7) is -0.144. The molecule has 1 saturated carbocycles. The van der Waals surface area contributed by atoms with Gasteiger partial charge < -0.3 is 19.4 Å². The van der Waals surface area contributed by atoms with Crippen molar-refractivity contribution in [3.63, 3.8) is 0 Å². The maximum atomic E-state index is 11.1. The summed E-state index contributed by atoms with van der Waals surface area (Å²) in [5.74, 6) is 0.436. The number of hydrogen-bond donors (Lipinski definition) is 3. The highest BCUT2D eigenvalue weighted by Crippen LogP contribution is 2.38. The maximum Gasteiger partial charge on any atom is 0.333 e. The highest BCUT2D eigenvalue weighted by molar-refractivity contribution is 7.84. The number of nitrogens with one attached hydrogen (secondary N) is 1. The van der Waals surface area contributed by atoms with Gasteiger partial charge in [-0.3, -0.25) is 4.18 Å². The monoisotopic (exact) mass is 457 g/mol. The van der Waals surface area contributed by atoms with E-state index in [-0.39, 0.29) is 18.6 Å². The number of methoxy groups -OCH3 is 1. The second-order valence-corrected chi connectivity index (χ2v) is 9.27. The summed E-state index contributed by atoms with van der Waals surface area (Å²) < 4.78 is 34.2. The lowest BCUT2D eigenvalue weighted by Gasteiger charge is -2.14. The van der Waals surface area contributed by atoms with Gasteiger partial charge in [0, 0.05) is 40.5 Å². The Hall–Kier alpha value is -2.99. The van der Waals surface area contributed by atoms with Crippen LogP contribution in [0.3, 0.4) is 0 Å². The highest BCUT2D eigenvalue weighted by atomic mass is 32.2. The van der Waals surface area contributed by atoms with Gasteiger partial charge in [0.1, 0.15) is 17.7 Å². The van der Waals surface area contributed by atoms with E-state index in [9.17, 15) is 13.5 Å². The summed E-state index contributed by atoms with van der Waals surface area (Å²) in [5.41, 5.74) is 3.33. The standard InChI is InChI=1S/C21H23N5O5S/c1-30-15-3-2-12-7-18(25-17(12)9-15)20-16-4-5-26(21(16)24-11-23-20)14-6-13(19(27)8-14)10-31-32(22,28)29/h2-5,7,9,11,13-14,19,25,27H,6,8,10H2,1H3,(H2,22,28,29). The van der Waals surface area contributed by atoms with E-state index in [0.717, 1.165) is 39.1 Å². The first-order chi connectivity index (χ1) is 15.3. The first-order valence-electron chi connectivity index (χ1n) is 10.2. The number of aliphatic hydroxyl groups is 1. The van der Waals surface area contributed by atoms with E-state index < -0.39 is 16.4 Å². The average molecular weight is 458 g/mol. The van der Waals surface area contributed by atoms with Crippen LogP contribution in [0.5, 0.6) is 5.75 Å². The molecule has 168 valence electrons. The van der Waals surface area contributed by atoms with E-state index in [1.165, 1.54) is 6.33 Å². The zero-order chi connectivity index (χ0) is 22.5. The number of rotatable bonds is 6. The van der Waals surface area contributed by atoms with Gasteiger partial charge in [-0.05, 0) is 37.1 Å². The lowest BCUT2D eigenvalue weighted by atomic mass is 10.1. The Kier molecular flexibility index (Phi) is 5.13. The number of ether oxygens (including phenoxy) is 1. The molecule has 3 aromatic heterocycles. The molecule has 3 unspecified atom stereocenters. The molecule has 3 atom stereocenters. The van der Waals surface area contributed by atoms with E-state index in [0.29, 0.717) is 12.8 Å². The average Bonchev–Trinajstić information content (AvgIpc) is 3.46. The van der Waals surface area contributed by atoms with E-state index in [1.807, 2.05) is 41.1 Å². The molecule has 0 spiro atoms. The molecule has 1 aliphatic rings. The Morgan fingerprint density at radius 3 is 2.88 bits per heavy atom. The van der Waals surface area contributed by atoms with Crippen LogP contribution in [0.1, 0.15) is 18.9 Å². The van der Waals surface area contributed by atoms with Crippen molar-refractivity contribution in [2.24, 2.45) is 11.1 Å². The quantitative estimate of drug-likeness (QED) is 0.402. The van der Waals surface area contributed by atoms with Crippen LogP contribution in [0, 0.1) is 5.92 Å². The second-order valence-electron chi connectivity index (χ2n) is 8.05. The number of nitrogens with two attached hydrogens (primary N) is 1. The maximum absolute atomic E-state index is 11.1. The van der Waals surface area contributed by atoms with E-state index in [4.69, 9.17) is 14.1 Å². The van der Waals surface area contributed by atoms with Crippen molar-refractivity contribution in [1.82, 2.24) is 19.5 Å². The summed E-state index contributed by atoms with van der Waals surface area (Å²) in [4.78, 5) is 12.4. The first kappa shape index (κ1) is 20.9. The van der Waals surface area contributed by atoms with Gasteiger partial charge in [0.15, 0.2) is 0 Å². The predicted molar refractivity (Wildman–Crippen MR) is 118 cm³/mol. The first-order valence-corrected chi connectivity index (χ1v) is 11.6. The lowest BCUT2D eigenvalue weighted by molar-refractivity contribution is 0.100. The molecule has 5 rings (SSSR count). The fourth-order valence-electron chi connectivity index (χ4n) is 4.50. The molecule has 0 saturated heterocycles. The van der Waals surface area contributed by atoms with Gasteiger partial charge >= 0.3 is 10.3 Å². The topological polar surface area (TPSA) is 145 Å². The summed E-state index contributed by atoms with van der Waals surface area (Å²) in [6.07, 6.45) is 3.77. The SMILES string of the molecule is COc1ccc2cc(-c3ncnc4c3ccn4C3CC(O)C(COS(N)(=O)=O)C3)[nH]c2c1. The Morgan fingerprint density at radius 2 is 2.09 bits per heavy atom. The van der Waals surface area contributed by atoms with Gasteiger partial charge in [0.05, 0.1) is 31.2 Å². The number of H-pyrrole nitrogens is 1. The molecule has 0 radical (unpaired) electrons. The largest absolute Gasteiger partial charge is 0.497 e. The zero-order valence-electron chi connectivity index (χ0n) is 17.3. The Bertz CT molecular complexity index is 1400. The fraction of sp³-hybridized carbons (Fsp3) is 0.333. The van der Waals surface area contributed by atoms with Crippen LogP contribution in [-0.4, -0.2) is 52.9 Å². The normalized spacial score (nSPS) is 21.5. The van der Waals surface area contributed by atoms with Gasteiger partial charge in [0.2, 0.25) is 0 Å². The van der Waals surface area contributed by atoms with Crippen molar-refractivity contribution >= 4 is 32.2 Å². The number of nitrogens with zero attached hydrogens (tertiary/aromatic N) is 3. The van der Waals surface area contributed by atoms with Crippen molar-refractivity contribution < 1.29 is 22.4 Å². The van der Waals surface area contributed by atoms with Crippen molar-refractivity contribution in [3.05, 3.63) is 42.9 Å². The summed E-state index contributed by atoms with van der Waals surface area (Å²) in [7, 11) is -2.41. The van der Waals surface area contributed by atoms with Gasteiger partial charge in [0.25, 0.3) is 0 Å². The molecule has 0 amide bonds. The summed E-state index contributed by atoms with van der Waals surface area (Å²) >= 11 is 0. The van der Waals surface area contributed by atoms with Crippen molar-refractivity contribution in [3.8, 4) is 17.1 Å². The van der Waals surface area contributed by atoms with Crippen molar-refractivity contribution in [1.29, 1.82) is 0 Å². The number of aromatic nitrogens is 4. The van der Waals surface area contributed by atoms with Gasteiger partial charge in [-0.2, -0.15) is 8.42 Å². The van der Waals surface area contributed by atoms with Gasteiger partial charge in [-0.25, -0.2) is 15.1 Å². The number of aliphatic hydroxyl groups excluding tert-OH is 1. The molecular formula is C21H23N5O5S. The lowest BCUT2D eigenvalue weighted by Crippen LogP contribution is -2.24. The van der Waals surface area contributed by atoms with Crippen molar-refractivity contribution in [2.75, 3.05) is 13.7 Å². The number of fused-ring (bicyclic) bond motifs is 2. The molecule has 32 heavy (non-hydrogen) atoms. The third-order valence-electron chi connectivity index (χ3n) is 6.07. The molecule has 1 fully saturated rings. The second kappa shape index (κ2) is 7.85. The van der Waals surface area contributed by atoms with E-state index in [2.05, 4.69) is 15.0 Å². The summed E-state index contributed by atoms with van der Waals surface area (Å²) in [5, 5.41) is 17.2. The van der Waals surface area contributed by atoms with Crippen molar-refractivity contribution in [2.45, 2.75) is 25.0 Å². The third kappa shape index (κ3) is 3.84. The molecule has 10 nitrogen and oxygen atoms in total. The van der Waals surface area contributed by atoms with E-state index >= 15 is 0 Å². The molecular weight excluding hydrogens is 434 g/mol. The Balaban J connectivity index is 1.46. The minimum atomic E-state index is -4.04. The summed E-state index contributed by atoms with van der Waals surface area (Å²) in [6, 6.07) is 9.78. The molecule has 3 heterocycles. The molecule has 4 N–H and O–H groups in total. The molecule has 1 aromatic carbocycles. The fourth-order valence-corrected chi connectivity index (χ4v) is 4.87. The third-order valence-corrected chi connectivity index (χ3v) is 6.53. The van der Waals surface area contributed by atoms with Crippen LogP contribution < -0.4 is 9.88 Å². The van der Waals surface area contributed by atoms with Gasteiger partial charge in [-0.1, -0.05) is 0 Å². The smallest absolute Gasteiger partial charge is 0.333 e. The minimum Gasteiger partial charge on any atom is -0.497 e. The van der Waals surface area contributed by atoms with E-state index in [1.54, 1.807) is 7.11 Å². The van der Waals surface area contributed by atoms with Crippen LogP contribution in [0.25, 0.3) is 33.3 Å². The highest BCUT2D eigenvalue weighted by Gasteiger charge is 2.35. The van der Waals surface area contributed by atoms with Crippen LogP contribution in [0.15, 0.2) is 42.9 Å². The predicted octanol–water partition coefficient (Wildman–Crippen LogP) is 2.12. The number of hydrogen-bond acceptors (Lipinski definition) is 7. The number of aromatic amines is 1. The minimum absolute atomic E-state index is 0.0497. The van der Waals surface area contributed by atoms with Crippen LogP contribution in [0.2, 0.25) is 0 Å². The molecule has 0 aliphatic heterocycles. The van der Waals surface area contributed by atoms with Gasteiger partial charge in [-0.15, -0.1) is 0 Å². The van der Waals surface area contributed by atoms with Crippen LogP contribution in [0.4, 0.5) is 0 Å². The number of benzene rings is 1.